The summed E-state index contributed by atoms with van der Waals surface area (Å²) < 4.78 is 11.3. The lowest BCUT2D eigenvalue weighted by Gasteiger charge is -2.14. The largest absolute Gasteiger partial charge is 0.370 e. The Morgan fingerprint density at radius 1 is 1.27 bits per heavy atom. The second-order valence-corrected chi connectivity index (χ2v) is 4.47. The van der Waals surface area contributed by atoms with E-state index in [9.17, 15) is 0 Å². The highest BCUT2D eigenvalue weighted by atomic mass is 16.6. The van der Waals surface area contributed by atoms with E-state index in [1.54, 1.807) is 0 Å². The molecule has 1 heterocycles. The van der Waals surface area contributed by atoms with Gasteiger partial charge in [-0.1, -0.05) is 30.3 Å². The van der Waals surface area contributed by atoms with Crippen molar-refractivity contribution in [3.8, 4) is 0 Å². The molecule has 1 saturated heterocycles. The van der Waals surface area contributed by atoms with Crippen LogP contribution in [0.3, 0.4) is 0 Å². The van der Waals surface area contributed by atoms with Gasteiger partial charge < -0.3 is 9.47 Å². The number of benzene rings is 1. The SMILES string of the molecule is c1ccc(COC(C2CC2)[C@H]2CO2)cc1. The van der Waals surface area contributed by atoms with Gasteiger partial charge in [-0.2, -0.15) is 0 Å². The Balaban J connectivity index is 1.55. The van der Waals surface area contributed by atoms with Crippen LogP contribution >= 0.6 is 0 Å². The molecule has 0 amide bonds. The van der Waals surface area contributed by atoms with E-state index >= 15 is 0 Å². The molecule has 0 spiro atoms. The number of epoxide rings is 1. The molecule has 2 atom stereocenters. The Kier molecular flexibility index (Phi) is 2.47. The van der Waals surface area contributed by atoms with Crippen LogP contribution in [-0.2, 0) is 16.1 Å². The summed E-state index contributed by atoms with van der Waals surface area (Å²) in [4.78, 5) is 0. The number of hydrogen-bond acceptors (Lipinski definition) is 2. The van der Waals surface area contributed by atoms with E-state index in [4.69, 9.17) is 9.47 Å². The lowest BCUT2D eigenvalue weighted by molar-refractivity contribution is 0.00753. The number of hydrogen-bond donors (Lipinski definition) is 0. The third-order valence-electron chi connectivity index (χ3n) is 3.10. The smallest absolute Gasteiger partial charge is 0.107 e. The van der Waals surface area contributed by atoms with E-state index < -0.39 is 0 Å². The molecule has 2 heteroatoms. The highest BCUT2D eigenvalue weighted by Gasteiger charge is 2.43. The minimum atomic E-state index is 0.352. The van der Waals surface area contributed by atoms with Gasteiger partial charge >= 0.3 is 0 Å². The van der Waals surface area contributed by atoms with Crippen LogP contribution in [0.1, 0.15) is 18.4 Å². The van der Waals surface area contributed by atoms with E-state index in [1.807, 2.05) is 6.07 Å². The minimum Gasteiger partial charge on any atom is -0.370 e. The topological polar surface area (TPSA) is 21.8 Å². The third-order valence-corrected chi connectivity index (χ3v) is 3.10. The average Bonchev–Trinajstić information content (AvgIpc) is 3.14. The first kappa shape index (κ1) is 9.37. The summed E-state index contributed by atoms with van der Waals surface area (Å²) in [6.45, 7) is 1.62. The van der Waals surface area contributed by atoms with Crippen LogP contribution in [0.4, 0.5) is 0 Å². The van der Waals surface area contributed by atoms with Crippen molar-refractivity contribution in [1.29, 1.82) is 0 Å². The quantitative estimate of drug-likeness (QED) is 0.687. The van der Waals surface area contributed by atoms with Crippen LogP contribution < -0.4 is 0 Å². The summed E-state index contributed by atoms with van der Waals surface area (Å²) in [5.74, 6) is 0.765. The normalized spacial score (nSPS) is 26.3. The number of ether oxygens (including phenoxy) is 2. The van der Waals surface area contributed by atoms with Crippen molar-refractivity contribution >= 4 is 0 Å². The van der Waals surface area contributed by atoms with Crippen molar-refractivity contribution < 1.29 is 9.47 Å². The van der Waals surface area contributed by atoms with Gasteiger partial charge in [0.05, 0.1) is 19.3 Å². The van der Waals surface area contributed by atoms with Crippen LogP contribution in [0.25, 0.3) is 0 Å². The Morgan fingerprint density at radius 3 is 2.60 bits per heavy atom. The molecule has 80 valence electrons. The lowest BCUT2D eigenvalue weighted by Crippen LogP contribution is -2.22. The Bertz CT molecular complexity index is 303. The zero-order valence-corrected chi connectivity index (χ0v) is 8.76. The van der Waals surface area contributed by atoms with Crippen molar-refractivity contribution in [3.63, 3.8) is 0 Å². The fourth-order valence-electron chi connectivity index (χ4n) is 1.98. The molecule has 2 aliphatic rings. The second-order valence-electron chi connectivity index (χ2n) is 4.47. The molecule has 1 aromatic carbocycles. The van der Waals surface area contributed by atoms with Crippen molar-refractivity contribution in [2.24, 2.45) is 5.92 Å². The fourth-order valence-corrected chi connectivity index (χ4v) is 1.98. The average molecular weight is 204 g/mol. The second kappa shape index (κ2) is 3.95. The lowest BCUT2D eigenvalue weighted by atomic mass is 10.1. The van der Waals surface area contributed by atoms with Crippen LogP contribution in [0.2, 0.25) is 0 Å². The molecule has 2 fully saturated rings. The molecule has 1 aliphatic carbocycles. The summed E-state index contributed by atoms with van der Waals surface area (Å²) in [6.07, 6.45) is 3.38. The van der Waals surface area contributed by atoms with Gasteiger partial charge in [0, 0.05) is 0 Å². The summed E-state index contributed by atoms with van der Waals surface area (Å²) in [5.41, 5.74) is 1.25. The fraction of sp³-hybridized carbons (Fsp3) is 0.538. The van der Waals surface area contributed by atoms with Crippen LogP contribution in [0.5, 0.6) is 0 Å². The molecule has 1 unspecified atom stereocenters. The molecular weight excluding hydrogens is 188 g/mol. The molecule has 0 aromatic heterocycles. The van der Waals surface area contributed by atoms with Crippen molar-refractivity contribution in [3.05, 3.63) is 35.9 Å². The molecule has 0 bridgehead atoms. The Labute approximate surface area is 90.2 Å². The predicted octanol–water partition coefficient (Wildman–Crippen LogP) is 2.38. The van der Waals surface area contributed by atoms with Gasteiger partial charge in [-0.3, -0.25) is 0 Å². The summed E-state index contributed by atoms with van der Waals surface area (Å²) >= 11 is 0. The molecule has 1 saturated carbocycles. The molecule has 0 N–H and O–H groups in total. The van der Waals surface area contributed by atoms with Gasteiger partial charge in [-0.25, -0.2) is 0 Å². The molecular formula is C13H16O2. The Hall–Kier alpha value is -0.860. The zero-order chi connectivity index (χ0) is 10.1. The first-order chi connectivity index (χ1) is 7.43. The van der Waals surface area contributed by atoms with Gasteiger partial charge in [0.1, 0.15) is 6.10 Å². The van der Waals surface area contributed by atoms with E-state index in [-0.39, 0.29) is 0 Å². The highest BCUT2D eigenvalue weighted by molar-refractivity contribution is 5.13. The van der Waals surface area contributed by atoms with Crippen LogP contribution in [0.15, 0.2) is 30.3 Å². The van der Waals surface area contributed by atoms with Gasteiger partial charge in [0.25, 0.3) is 0 Å². The maximum Gasteiger partial charge on any atom is 0.107 e. The van der Waals surface area contributed by atoms with Crippen molar-refractivity contribution in [2.45, 2.75) is 31.7 Å². The third kappa shape index (κ3) is 2.39. The molecule has 15 heavy (non-hydrogen) atoms. The maximum absolute atomic E-state index is 5.95. The summed E-state index contributed by atoms with van der Waals surface area (Å²) in [7, 11) is 0. The van der Waals surface area contributed by atoms with E-state index in [0.717, 1.165) is 19.1 Å². The van der Waals surface area contributed by atoms with Gasteiger partial charge in [-0.15, -0.1) is 0 Å². The molecule has 1 aromatic rings. The van der Waals surface area contributed by atoms with E-state index in [0.29, 0.717) is 12.2 Å². The van der Waals surface area contributed by atoms with E-state index in [2.05, 4.69) is 24.3 Å². The number of rotatable bonds is 5. The van der Waals surface area contributed by atoms with Gasteiger partial charge in [0.2, 0.25) is 0 Å². The molecule has 2 nitrogen and oxygen atoms in total. The summed E-state index contributed by atoms with van der Waals surface area (Å²) in [5, 5.41) is 0. The molecule has 1 aliphatic heterocycles. The monoisotopic (exact) mass is 204 g/mol. The van der Waals surface area contributed by atoms with Crippen LogP contribution in [0, 0.1) is 5.92 Å². The predicted molar refractivity (Wildman–Crippen MR) is 57.5 cm³/mol. The van der Waals surface area contributed by atoms with Crippen LogP contribution in [-0.4, -0.2) is 18.8 Å². The van der Waals surface area contributed by atoms with Crippen molar-refractivity contribution in [2.75, 3.05) is 6.61 Å². The zero-order valence-electron chi connectivity index (χ0n) is 8.76. The van der Waals surface area contributed by atoms with Crippen molar-refractivity contribution in [1.82, 2.24) is 0 Å². The maximum atomic E-state index is 5.95. The first-order valence-corrected chi connectivity index (χ1v) is 5.70. The Morgan fingerprint density at radius 2 is 2.00 bits per heavy atom. The minimum absolute atomic E-state index is 0.352. The van der Waals surface area contributed by atoms with Gasteiger partial charge in [0.15, 0.2) is 0 Å². The highest BCUT2D eigenvalue weighted by Crippen LogP contribution is 2.39. The summed E-state index contributed by atoms with van der Waals surface area (Å²) in [6, 6.07) is 10.4. The van der Waals surface area contributed by atoms with E-state index in [1.165, 1.54) is 18.4 Å². The standard InChI is InChI=1S/C13H16O2/c1-2-4-10(5-3-1)8-15-13(11-6-7-11)12-9-14-12/h1-5,11-13H,6-9H2/t12-,13?/m1/s1. The molecule has 0 radical (unpaired) electrons. The molecule has 3 rings (SSSR count). The van der Waals surface area contributed by atoms with Gasteiger partial charge in [-0.05, 0) is 24.3 Å². The first-order valence-electron chi connectivity index (χ1n) is 5.70.